The summed E-state index contributed by atoms with van der Waals surface area (Å²) in [5.41, 5.74) is 1.26. The largest absolute Gasteiger partial charge is 0.410 e. The minimum Gasteiger partial charge on any atom is -0.410 e. The zero-order chi connectivity index (χ0) is 15.3. The van der Waals surface area contributed by atoms with Gasteiger partial charge in [0.1, 0.15) is 0 Å². The summed E-state index contributed by atoms with van der Waals surface area (Å²) in [6, 6.07) is 12.2. The molecule has 1 saturated heterocycles. The summed E-state index contributed by atoms with van der Waals surface area (Å²) in [5, 5.41) is 0. The van der Waals surface area contributed by atoms with E-state index in [0.29, 0.717) is 12.6 Å². The van der Waals surface area contributed by atoms with Crippen LogP contribution in [0.25, 0.3) is 0 Å². The van der Waals surface area contributed by atoms with E-state index in [1.807, 2.05) is 0 Å². The van der Waals surface area contributed by atoms with Crippen LogP contribution in [-0.4, -0.2) is 40.2 Å². The molecule has 1 unspecified atom stereocenters. The Kier molecular flexibility index (Phi) is 5.85. The number of ether oxygens (including phenoxy) is 1. The van der Waals surface area contributed by atoms with Crippen molar-refractivity contribution in [3.8, 4) is 0 Å². The van der Waals surface area contributed by atoms with Crippen LogP contribution in [0.2, 0.25) is 19.1 Å². The van der Waals surface area contributed by atoms with Crippen LogP contribution in [0.4, 0.5) is 5.69 Å². The van der Waals surface area contributed by atoms with Gasteiger partial charge < -0.3 is 14.1 Å². The SMILES string of the molecule is CC(C)N(CC1COCCC[Si](C)(C)O1)c1ccccc1. The molecule has 3 nitrogen and oxygen atoms in total. The van der Waals surface area contributed by atoms with Gasteiger partial charge >= 0.3 is 0 Å². The van der Waals surface area contributed by atoms with Gasteiger partial charge in [-0.05, 0) is 51.5 Å². The molecule has 1 aliphatic heterocycles. The van der Waals surface area contributed by atoms with Crippen LogP contribution >= 0.6 is 0 Å². The lowest BCUT2D eigenvalue weighted by Gasteiger charge is -2.37. The van der Waals surface area contributed by atoms with E-state index < -0.39 is 8.32 Å². The maximum atomic E-state index is 6.45. The van der Waals surface area contributed by atoms with Crippen molar-refractivity contribution < 1.29 is 9.16 Å². The van der Waals surface area contributed by atoms with Crippen molar-refractivity contribution in [1.82, 2.24) is 0 Å². The monoisotopic (exact) mass is 307 g/mol. The van der Waals surface area contributed by atoms with Gasteiger partial charge in [0.05, 0.1) is 12.7 Å². The maximum absolute atomic E-state index is 6.45. The fourth-order valence-electron chi connectivity index (χ4n) is 2.90. The summed E-state index contributed by atoms with van der Waals surface area (Å²) in [6.07, 6.45) is 1.31. The highest BCUT2D eigenvalue weighted by molar-refractivity contribution is 6.71. The third-order valence-electron chi connectivity index (χ3n) is 3.97. The highest BCUT2D eigenvalue weighted by Gasteiger charge is 2.29. The number of hydrogen-bond acceptors (Lipinski definition) is 3. The molecule has 0 saturated carbocycles. The molecule has 0 N–H and O–H groups in total. The van der Waals surface area contributed by atoms with E-state index in [9.17, 15) is 0 Å². The molecule has 1 aromatic carbocycles. The summed E-state index contributed by atoms with van der Waals surface area (Å²) in [5.74, 6) is 0. The molecule has 1 heterocycles. The topological polar surface area (TPSA) is 21.7 Å². The predicted octanol–water partition coefficient (Wildman–Crippen LogP) is 3.91. The summed E-state index contributed by atoms with van der Waals surface area (Å²) in [6.45, 7) is 11.6. The van der Waals surface area contributed by atoms with Crippen LogP contribution in [0, 0.1) is 0 Å². The quantitative estimate of drug-likeness (QED) is 0.787. The van der Waals surface area contributed by atoms with Crippen molar-refractivity contribution in [3.63, 3.8) is 0 Å². The number of benzene rings is 1. The molecule has 4 heteroatoms. The van der Waals surface area contributed by atoms with Crippen LogP contribution in [0.3, 0.4) is 0 Å². The lowest BCUT2D eigenvalue weighted by Crippen LogP contribution is -2.47. The highest BCUT2D eigenvalue weighted by Crippen LogP contribution is 2.22. The van der Waals surface area contributed by atoms with Crippen molar-refractivity contribution in [2.24, 2.45) is 0 Å². The van der Waals surface area contributed by atoms with Gasteiger partial charge in [-0.2, -0.15) is 0 Å². The molecule has 1 aliphatic rings. The second-order valence-electron chi connectivity index (χ2n) is 6.76. The predicted molar refractivity (Wildman–Crippen MR) is 91.5 cm³/mol. The summed E-state index contributed by atoms with van der Waals surface area (Å²) < 4.78 is 12.2. The Balaban J connectivity index is 2.08. The van der Waals surface area contributed by atoms with Gasteiger partial charge in [-0.25, -0.2) is 0 Å². The first-order valence-electron chi connectivity index (χ1n) is 8.05. The van der Waals surface area contributed by atoms with E-state index in [0.717, 1.165) is 19.6 Å². The average molecular weight is 308 g/mol. The third-order valence-corrected chi connectivity index (χ3v) is 6.50. The molecule has 1 fully saturated rings. The summed E-state index contributed by atoms with van der Waals surface area (Å²) >= 11 is 0. The first-order valence-corrected chi connectivity index (χ1v) is 11.2. The van der Waals surface area contributed by atoms with Gasteiger partial charge in [0.25, 0.3) is 0 Å². The van der Waals surface area contributed by atoms with Crippen molar-refractivity contribution >= 4 is 14.0 Å². The van der Waals surface area contributed by atoms with Crippen molar-refractivity contribution in [2.75, 3.05) is 24.7 Å². The zero-order valence-electron chi connectivity index (χ0n) is 13.8. The highest BCUT2D eigenvalue weighted by atomic mass is 28.4. The molecule has 118 valence electrons. The van der Waals surface area contributed by atoms with E-state index in [-0.39, 0.29) is 6.10 Å². The maximum Gasteiger partial charge on any atom is 0.187 e. The number of nitrogens with zero attached hydrogens (tertiary/aromatic N) is 1. The van der Waals surface area contributed by atoms with E-state index in [1.54, 1.807) is 0 Å². The molecule has 0 aliphatic carbocycles. The Hall–Kier alpha value is -0.843. The molecule has 21 heavy (non-hydrogen) atoms. The molecule has 1 atom stereocenters. The van der Waals surface area contributed by atoms with E-state index in [1.165, 1.54) is 11.7 Å². The molecule has 0 amide bonds. The molecule has 0 spiro atoms. The Bertz CT molecular complexity index is 422. The van der Waals surface area contributed by atoms with E-state index in [4.69, 9.17) is 9.16 Å². The van der Waals surface area contributed by atoms with Crippen LogP contribution in [0.5, 0.6) is 0 Å². The molecular formula is C17H29NO2Si. The fourth-order valence-corrected chi connectivity index (χ4v) is 5.06. The summed E-state index contributed by atoms with van der Waals surface area (Å²) in [4.78, 5) is 2.42. The number of para-hydroxylation sites is 1. The molecular weight excluding hydrogens is 278 g/mol. The summed E-state index contributed by atoms with van der Waals surface area (Å²) in [7, 11) is -1.55. The number of anilines is 1. The van der Waals surface area contributed by atoms with Crippen LogP contribution in [0.15, 0.2) is 30.3 Å². The van der Waals surface area contributed by atoms with Crippen LogP contribution < -0.4 is 4.90 Å². The molecule has 0 radical (unpaired) electrons. The third kappa shape index (κ3) is 5.13. The average Bonchev–Trinajstić information content (AvgIpc) is 2.42. The van der Waals surface area contributed by atoms with Gasteiger partial charge in [-0.3, -0.25) is 0 Å². The van der Waals surface area contributed by atoms with Gasteiger partial charge in [-0.15, -0.1) is 0 Å². The Morgan fingerprint density at radius 1 is 1.24 bits per heavy atom. The molecule has 0 bridgehead atoms. The first-order chi connectivity index (χ1) is 9.98. The van der Waals surface area contributed by atoms with Gasteiger partial charge in [0.15, 0.2) is 8.32 Å². The van der Waals surface area contributed by atoms with Gasteiger partial charge in [0.2, 0.25) is 0 Å². The van der Waals surface area contributed by atoms with Crippen LogP contribution in [0.1, 0.15) is 20.3 Å². The second-order valence-corrected chi connectivity index (χ2v) is 11.0. The normalized spacial score (nSPS) is 22.6. The van der Waals surface area contributed by atoms with E-state index >= 15 is 0 Å². The lowest BCUT2D eigenvalue weighted by atomic mass is 10.2. The second kappa shape index (κ2) is 7.43. The van der Waals surface area contributed by atoms with Crippen LogP contribution in [-0.2, 0) is 9.16 Å². The number of rotatable bonds is 4. The van der Waals surface area contributed by atoms with Gasteiger partial charge in [-0.1, -0.05) is 18.2 Å². The fraction of sp³-hybridized carbons (Fsp3) is 0.647. The Morgan fingerprint density at radius 3 is 2.62 bits per heavy atom. The number of hydrogen-bond donors (Lipinski definition) is 0. The Labute approximate surface area is 130 Å². The first kappa shape index (κ1) is 16.5. The van der Waals surface area contributed by atoms with E-state index in [2.05, 4.69) is 62.2 Å². The Morgan fingerprint density at radius 2 is 1.95 bits per heavy atom. The molecule has 2 rings (SSSR count). The van der Waals surface area contributed by atoms with Crippen molar-refractivity contribution in [2.45, 2.75) is 51.6 Å². The molecule has 1 aromatic rings. The van der Waals surface area contributed by atoms with Gasteiger partial charge in [0, 0.05) is 24.9 Å². The minimum atomic E-state index is -1.55. The zero-order valence-corrected chi connectivity index (χ0v) is 14.8. The lowest BCUT2D eigenvalue weighted by molar-refractivity contribution is 0.0384. The van der Waals surface area contributed by atoms with Crippen molar-refractivity contribution in [1.29, 1.82) is 0 Å². The molecule has 0 aromatic heterocycles. The standard InChI is InChI=1S/C17H29NO2Si/c1-15(2)18(16-9-6-5-7-10-16)13-17-14-19-11-8-12-21(3,4)20-17/h5-7,9-10,15,17H,8,11-14H2,1-4H3. The smallest absolute Gasteiger partial charge is 0.187 e. The minimum absolute atomic E-state index is 0.176. The van der Waals surface area contributed by atoms with Crippen molar-refractivity contribution in [3.05, 3.63) is 30.3 Å².